The van der Waals surface area contributed by atoms with Crippen molar-refractivity contribution < 1.29 is 0 Å². The third-order valence-corrected chi connectivity index (χ3v) is 6.16. The molecule has 0 radical (unpaired) electrons. The SMILES string of the molecule is CC(C)C1=CC(=CCc2ccccc2)C=C1C1c2ccccc2-c2ccccc21. The van der Waals surface area contributed by atoms with Gasteiger partial charge >= 0.3 is 0 Å². The molecule has 0 saturated carbocycles. The second kappa shape index (κ2) is 7.37. The van der Waals surface area contributed by atoms with Gasteiger partial charge in [0.15, 0.2) is 0 Å². The standard InChI is InChI=1S/C29H26/c1-20(2)27-18-22(17-16-21-10-4-3-5-11-21)19-28(27)29-25-14-8-6-12-23(25)24-13-7-9-15-26(24)29/h3-15,17-20,29H,16H2,1-2H3. The maximum atomic E-state index is 2.43. The molecule has 2 aliphatic rings. The minimum Gasteiger partial charge on any atom is -0.0728 e. The predicted octanol–water partition coefficient (Wildman–Crippen LogP) is 7.49. The largest absolute Gasteiger partial charge is 0.0728 e. The molecule has 0 bridgehead atoms. The van der Waals surface area contributed by atoms with Crippen molar-refractivity contribution in [2.45, 2.75) is 26.2 Å². The lowest BCUT2D eigenvalue weighted by Crippen LogP contribution is -2.05. The fourth-order valence-electron chi connectivity index (χ4n) is 4.78. The highest BCUT2D eigenvalue weighted by atomic mass is 14.4. The van der Waals surface area contributed by atoms with E-state index in [2.05, 4.69) is 111 Å². The van der Waals surface area contributed by atoms with Crippen LogP contribution >= 0.6 is 0 Å². The van der Waals surface area contributed by atoms with E-state index in [1.165, 1.54) is 44.5 Å². The Hall–Kier alpha value is -3.12. The topological polar surface area (TPSA) is 0 Å². The van der Waals surface area contributed by atoms with Gasteiger partial charge in [-0.25, -0.2) is 0 Å². The zero-order valence-electron chi connectivity index (χ0n) is 17.1. The minimum atomic E-state index is 0.332. The monoisotopic (exact) mass is 374 g/mol. The Morgan fingerprint density at radius 3 is 1.93 bits per heavy atom. The average Bonchev–Trinajstić information content (AvgIpc) is 3.32. The van der Waals surface area contributed by atoms with Gasteiger partial charge in [-0.15, -0.1) is 0 Å². The summed E-state index contributed by atoms with van der Waals surface area (Å²) in [6, 6.07) is 28.6. The molecule has 0 N–H and O–H groups in total. The Morgan fingerprint density at radius 2 is 1.31 bits per heavy atom. The van der Waals surface area contributed by atoms with E-state index in [4.69, 9.17) is 0 Å². The first kappa shape index (κ1) is 17.9. The van der Waals surface area contributed by atoms with Crippen LogP contribution < -0.4 is 0 Å². The Balaban J connectivity index is 1.58. The van der Waals surface area contributed by atoms with Crippen LogP contribution in [0.5, 0.6) is 0 Å². The molecular formula is C29H26. The van der Waals surface area contributed by atoms with Gasteiger partial charge in [0.2, 0.25) is 0 Å². The zero-order chi connectivity index (χ0) is 19.8. The first-order valence-electron chi connectivity index (χ1n) is 10.6. The summed E-state index contributed by atoms with van der Waals surface area (Å²) in [6.45, 7) is 4.62. The molecule has 0 heteroatoms. The summed E-state index contributed by atoms with van der Waals surface area (Å²) in [7, 11) is 0. The normalized spacial score (nSPS) is 16.7. The quantitative estimate of drug-likeness (QED) is 0.444. The van der Waals surface area contributed by atoms with Gasteiger partial charge in [0.1, 0.15) is 0 Å². The molecular weight excluding hydrogens is 348 g/mol. The van der Waals surface area contributed by atoms with Gasteiger partial charge in [-0.2, -0.15) is 0 Å². The molecule has 0 spiro atoms. The summed E-state index contributed by atoms with van der Waals surface area (Å²) < 4.78 is 0. The molecule has 0 fully saturated rings. The van der Waals surface area contributed by atoms with Gasteiger partial charge in [0, 0.05) is 5.92 Å². The van der Waals surface area contributed by atoms with Gasteiger partial charge in [-0.05, 0) is 56.9 Å². The summed E-state index contributed by atoms with van der Waals surface area (Å²) in [5.41, 5.74) is 11.3. The van der Waals surface area contributed by atoms with Crippen molar-refractivity contribution in [2.24, 2.45) is 5.92 Å². The van der Waals surface area contributed by atoms with E-state index >= 15 is 0 Å². The van der Waals surface area contributed by atoms with Crippen LogP contribution in [-0.2, 0) is 6.42 Å². The third kappa shape index (κ3) is 3.19. The maximum absolute atomic E-state index is 2.43. The van der Waals surface area contributed by atoms with Crippen LogP contribution in [-0.4, -0.2) is 0 Å². The molecule has 0 atom stereocenters. The smallest absolute Gasteiger partial charge is 0.0355 e. The van der Waals surface area contributed by atoms with Crippen molar-refractivity contribution in [1.29, 1.82) is 0 Å². The number of fused-ring (bicyclic) bond motifs is 3. The van der Waals surface area contributed by atoms with E-state index in [1.807, 2.05) is 0 Å². The van der Waals surface area contributed by atoms with E-state index in [0.29, 0.717) is 11.8 Å². The van der Waals surface area contributed by atoms with Crippen LogP contribution in [0.2, 0.25) is 0 Å². The molecule has 0 aliphatic heterocycles. The summed E-state index contributed by atoms with van der Waals surface area (Å²) in [4.78, 5) is 0. The van der Waals surface area contributed by atoms with Gasteiger partial charge < -0.3 is 0 Å². The number of benzene rings is 3. The molecule has 0 aromatic heterocycles. The van der Waals surface area contributed by atoms with Crippen LogP contribution in [0.3, 0.4) is 0 Å². The highest BCUT2D eigenvalue weighted by Crippen LogP contribution is 2.51. The lowest BCUT2D eigenvalue weighted by atomic mass is 9.83. The lowest BCUT2D eigenvalue weighted by Gasteiger charge is -2.20. The van der Waals surface area contributed by atoms with E-state index in [0.717, 1.165) is 6.42 Å². The molecule has 3 aromatic carbocycles. The van der Waals surface area contributed by atoms with Crippen molar-refractivity contribution in [1.82, 2.24) is 0 Å². The zero-order valence-corrected chi connectivity index (χ0v) is 17.1. The van der Waals surface area contributed by atoms with Crippen molar-refractivity contribution in [3.8, 4) is 11.1 Å². The number of allylic oxidation sites excluding steroid dienone is 6. The first-order valence-corrected chi connectivity index (χ1v) is 10.6. The highest BCUT2D eigenvalue weighted by Gasteiger charge is 2.34. The third-order valence-electron chi connectivity index (χ3n) is 6.16. The molecule has 142 valence electrons. The minimum absolute atomic E-state index is 0.332. The summed E-state index contributed by atoms with van der Waals surface area (Å²) in [6.07, 6.45) is 8.19. The Bertz CT molecular complexity index is 1090. The van der Waals surface area contributed by atoms with E-state index in [9.17, 15) is 0 Å². The fraction of sp³-hybridized carbons (Fsp3) is 0.172. The summed E-state index contributed by atoms with van der Waals surface area (Å²) in [5.74, 6) is 0.836. The fourth-order valence-corrected chi connectivity index (χ4v) is 4.78. The summed E-state index contributed by atoms with van der Waals surface area (Å²) >= 11 is 0. The predicted molar refractivity (Wildman–Crippen MR) is 123 cm³/mol. The number of hydrogen-bond donors (Lipinski definition) is 0. The molecule has 0 amide bonds. The van der Waals surface area contributed by atoms with E-state index in [-0.39, 0.29) is 0 Å². The van der Waals surface area contributed by atoms with Crippen LogP contribution in [0, 0.1) is 5.92 Å². The summed E-state index contributed by atoms with van der Waals surface area (Å²) in [5, 5.41) is 0. The lowest BCUT2D eigenvalue weighted by molar-refractivity contribution is 0.761. The first-order chi connectivity index (χ1) is 14.2. The second-order valence-electron chi connectivity index (χ2n) is 8.36. The van der Waals surface area contributed by atoms with E-state index < -0.39 is 0 Å². The molecule has 0 nitrogen and oxygen atoms in total. The van der Waals surface area contributed by atoms with Crippen LogP contribution in [0.15, 0.2) is 114 Å². The van der Waals surface area contributed by atoms with Crippen LogP contribution in [0.4, 0.5) is 0 Å². The van der Waals surface area contributed by atoms with Crippen molar-refractivity contribution in [3.63, 3.8) is 0 Å². The molecule has 0 unspecified atom stereocenters. The molecule has 0 heterocycles. The van der Waals surface area contributed by atoms with Crippen LogP contribution in [0.1, 0.15) is 36.5 Å². The van der Waals surface area contributed by atoms with Gasteiger partial charge in [0.05, 0.1) is 0 Å². The molecule has 3 aromatic rings. The van der Waals surface area contributed by atoms with Gasteiger partial charge in [-0.1, -0.05) is 111 Å². The van der Waals surface area contributed by atoms with Gasteiger partial charge in [0.25, 0.3) is 0 Å². The number of rotatable bonds is 4. The Labute approximate surface area is 173 Å². The van der Waals surface area contributed by atoms with Crippen molar-refractivity contribution >= 4 is 0 Å². The highest BCUT2D eigenvalue weighted by molar-refractivity contribution is 5.82. The van der Waals surface area contributed by atoms with E-state index in [1.54, 1.807) is 0 Å². The molecule has 29 heavy (non-hydrogen) atoms. The maximum Gasteiger partial charge on any atom is 0.0355 e. The molecule has 2 aliphatic carbocycles. The second-order valence-corrected chi connectivity index (χ2v) is 8.36. The Kier molecular flexibility index (Phi) is 4.56. The molecule has 5 rings (SSSR count). The van der Waals surface area contributed by atoms with Crippen molar-refractivity contribution in [2.75, 3.05) is 0 Å². The van der Waals surface area contributed by atoms with Gasteiger partial charge in [-0.3, -0.25) is 0 Å². The number of hydrogen-bond acceptors (Lipinski definition) is 0. The average molecular weight is 375 g/mol. The molecule has 0 saturated heterocycles. The van der Waals surface area contributed by atoms with Crippen LogP contribution in [0.25, 0.3) is 11.1 Å². The Morgan fingerprint density at radius 1 is 0.724 bits per heavy atom. The van der Waals surface area contributed by atoms with Crippen molar-refractivity contribution in [3.05, 3.63) is 131 Å².